The molecule has 2 atom stereocenters. The third-order valence-electron chi connectivity index (χ3n) is 5.66. The van der Waals surface area contributed by atoms with Gasteiger partial charge in [-0.05, 0) is 68.0 Å². The second-order valence-corrected chi connectivity index (χ2v) is 8.72. The zero-order chi connectivity index (χ0) is 19.5. The SMILES string of the molecule is O=C(N[C@@H](c1ccccn1)[C@@H]1CCCN(Cc2ccc(Cl)c(Cl)c2)C1)C1CC1. The van der Waals surface area contributed by atoms with Gasteiger partial charge < -0.3 is 5.32 Å². The Morgan fingerprint density at radius 1 is 1.18 bits per heavy atom. The van der Waals surface area contributed by atoms with Gasteiger partial charge in [0.1, 0.15) is 0 Å². The first-order valence-corrected chi connectivity index (χ1v) is 10.7. The lowest BCUT2D eigenvalue weighted by molar-refractivity contribution is -0.123. The van der Waals surface area contributed by atoms with Crippen molar-refractivity contribution in [3.05, 3.63) is 63.9 Å². The van der Waals surface area contributed by atoms with Crippen LogP contribution in [0.2, 0.25) is 10.0 Å². The van der Waals surface area contributed by atoms with E-state index in [0.29, 0.717) is 16.0 Å². The molecule has 4 rings (SSSR count). The first-order chi connectivity index (χ1) is 13.6. The van der Waals surface area contributed by atoms with Gasteiger partial charge in [-0.1, -0.05) is 35.3 Å². The second kappa shape index (κ2) is 8.81. The fraction of sp³-hybridized carbons (Fsp3) is 0.455. The number of nitrogens with zero attached hydrogens (tertiary/aromatic N) is 2. The van der Waals surface area contributed by atoms with E-state index in [-0.39, 0.29) is 17.9 Å². The molecule has 2 aromatic rings. The Balaban J connectivity index is 1.47. The number of carbonyl (C=O) groups is 1. The summed E-state index contributed by atoms with van der Waals surface area (Å²) in [6.45, 7) is 2.80. The summed E-state index contributed by atoms with van der Waals surface area (Å²) >= 11 is 12.2. The van der Waals surface area contributed by atoms with E-state index in [1.165, 1.54) is 0 Å². The maximum atomic E-state index is 12.5. The summed E-state index contributed by atoms with van der Waals surface area (Å²) in [6, 6.07) is 11.7. The Hall–Kier alpha value is -1.62. The summed E-state index contributed by atoms with van der Waals surface area (Å²) in [5.74, 6) is 0.716. The maximum absolute atomic E-state index is 12.5. The first kappa shape index (κ1) is 19.7. The summed E-state index contributed by atoms with van der Waals surface area (Å²) < 4.78 is 0. The third kappa shape index (κ3) is 4.86. The number of rotatable bonds is 6. The fourth-order valence-electron chi connectivity index (χ4n) is 4.01. The van der Waals surface area contributed by atoms with Crippen LogP contribution in [0.15, 0.2) is 42.6 Å². The second-order valence-electron chi connectivity index (χ2n) is 7.90. The Labute approximate surface area is 176 Å². The molecule has 1 aliphatic carbocycles. The lowest BCUT2D eigenvalue weighted by atomic mass is 9.88. The molecule has 2 fully saturated rings. The van der Waals surface area contributed by atoms with Crippen molar-refractivity contribution in [3.63, 3.8) is 0 Å². The van der Waals surface area contributed by atoms with Crippen LogP contribution < -0.4 is 5.32 Å². The number of halogens is 2. The van der Waals surface area contributed by atoms with Gasteiger partial charge in [0.05, 0.1) is 21.8 Å². The van der Waals surface area contributed by atoms with Crippen molar-refractivity contribution in [1.82, 2.24) is 15.2 Å². The summed E-state index contributed by atoms with van der Waals surface area (Å²) in [5.41, 5.74) is 2.12. The number of amides is 1. The summed E-state index contributed by atoms with van der Waals surface area (Å²) in [4.78, 5) is 19.5. The first-order valence-electron chi connectivity index (χ1n) is 9.98. The number of carbonyl (C=O) groups excluding carboxylic acids is 1. The van der Waals surface area contributed by atoms with Crippen LogP contribution in [0, 0.1) is 11.8 Å². The number of piperidine rings is 1. The minimum absolute atomic E-state index is 0.0362. The Morgan fingerprint density at radius 2 is 2.04 bits per heavy atom. The van der Waals surface area contributed by atoms with Gasteiger partial charge in [0.15, 0.2) is 0 Å². The predicted molar refractivity (Wildman–Crippen MR) is 112 cm³/mol. The molecule has 1 saturated heterocycles. The van der Waals surface area contributed by atoms with Crippen LogP contribution in [-0.4, -0.2) is 28.9 Å². The highest BCUT2D eigenvalue weighted by Gasteiger charge is 2.35. The highest BCUT2D eigenvalue weighted by molar-refractivity contribution is 6.42. The van der Waals surface area contributed by atoms with Crippen molar-refractivity contribution >= 4 is 29.1 Å². The molecule has 4 nitrogen and oxygen atoms in total. The Bertz CT molecular complexity index is 826. The topological polar surface area (TPSA) is 45.2 Å². The molecule has 1 aromatic heterocycles. The van der Waals surface area contributed by atoms with Crippen molar-refractivity contribution < 1.29 is 4.79 Å². The van der Waals surface area contributed by atoms with Crippen LogP contribution in [0.5, 0.6) is 0 Å². The zero-order valence-corrected chi connectivity index (χ0v) is 17.3. The van der Waals surface area contributed by atoms with E-state index < -0.39 is 0 Å². The van der Waals surface area contributed by atoms with Gasteiger partial charge in [0.25, 0.3) is 0 Å². The molecule has 1 amide bonds. The van der Waals surface area contributed by atoms with Crippen molar-refractivity contribution in [1.29, 1.82) is 0 Å². The number of hydrogen-bond donors (Lipinski definition) is 1. The van der Waals surface area contributed by atoms with Gasteiger partial charge in [-0.25, -0.2) is 0 Å². The molecule has 1 aliphatic heterocycles. The van der Waals surface area contributed by atoms with Crippen LogP contribution in [0.1, 0.15) is 43.0 Å². The number of benzene rings is 1. The normalized spacial score (nSPS) is 21.3. The smallest absolute Gasteiger partial charge is 0.223 e. The molecule has 0 bridgehead atoms. The standard InChI is InChI=1S/C22H25Cl2N3O/c23-18-9-6-15(12-19(18)24)13-27-11-3-4-17(14-27)21(20-5-1-2-10-25-20)26-22(28)16-7-8-16/h1-2,5-6,9-10,12,16-17,21H,3-4,7-8,11,13-14H2,(H,26,28)/t17-,21-/m1/s1. The molecule has 148 valence electrons. The van der Waals surface area contributed by atoms with E-state index in [9.17, 15) is 4.79 Å². The molecular weight excluding hydrogens is 393 g/mol. The van der Waals surface area contributed by atoms with E-state index in [0.717, 1.165) is 56.6 Å². The fourth-order valence-corrected chi connectivity index (χ4v) is 4.33. The van der Waals surface area contributed by atoms with E-state index in [4.69, 9.17) is 23.2 Å². The van der Waals surface area contributed by atoms with E-state index in [1.807, 2.05) is 42.6 Å². The lowest BCUT2D eigenvalue weighted by Gasteiger charge is -2.37. The number of likely N-dealkylation sites (tertiary alicyclic amines) is 1. The van der Waals surface area contributed by atoms with Gasteiger partial charge in [0.2, 0.25) is 5.91 Å². The number of pyridine rings is 1. The van der Waals surface area contributed by atoms with Crippen molar-refractivity contribution in [2.24, 2.45) is 11.8 Å². The van der Waals surface area contributed by atoms with Gasteiger partial charge >= 0.3 is 0 Å². The molecule has 2 aliphatic rings. The summed E-state index contributed by atoms with van der Waals surface area (Å²) in [6.07, 6.45) is 6.02. The monoisotopic (exact) mass is 417 g/mol. The molecule has 1 saturated carbocycles. The van der Waals surface area contributed by atoms with Crippen molar-refractivity contribution in [3.8, 4) is 0 Å². The highest BCUT2D eigenvalue weighted by atomic mass is 35.5. The molecule has 1 N–H and O–H groups in total. The van der Waals surface area contributed by atoms with Crippen molar-refractivity contribution in [2.75, 3.05) is 13.1 Å². The molecule has 0 radical (unpaired) electrons. The minimum atomic E-state index is -0.0362. The Kier molecular flexibility index (Phi) is 6.19. The van der Waals surface area contributed by atoms with Gasteiger partial charge in [-0.3, -0.25) is 14.7 Å². The van der Waals surface area contributed by atoms with E-state index in [2.05, 4.69) is 15.2 Å². The molecule has 28 heavy (non-hydrogen) atoms. The van der Waals surface area contributed by atoms with Crippen LogP contribution in [0.25, 0.3) is 0 Å². The van der Waals surface area contributed by atoms with Gasteiger partial charge in [-0.15, -0.1) is 0 Å². The van der Waals surface area contributed by atoms with E-state index >= 15 is 0 Å². The zero-order valence-electron chi connectivity index (χ0n) is 15.8. The van der Waals surface area contributed by atoms with Crippen molar-refractivity contribution in [2.45, 2.75) is 38.3 Å². The molecule has 1 aromatic carbocycles. The van der Waals surface area contributed by atoms with Gasteiger partial charge in [-0.2, -0.15) is 0 Å². The van der Waals surface area contributed by atoms with Gasteiger partial charge in [0, 0.05) is 25.2 Å². The number of hydrogen-bond acceptors (Lipinski definition) is 3. The predicted octanol–water partition coefficient (Wildman–Crippen LogP) is 4.87. The molecule has 6 heteroatoms. The quantitative estimate of drug-likeness (QED) is 0.728. The minimum Gasteiger partial charge on any atom is -0.347 e. The third-order valence-corrected chi connectivity index (χ3v) is 6.39. The average Bonchev–Trinajstić information content (AvgIpc) is 3.55. The molecule has 0 spiro atoms. The summed E-state index contributed by atoms with van der Waals surface area (Å²) in [7, 11) is 0. The van der Waals surface area contributed by atoms with Crippen LogP contribution in [0.4, 0.5) is 0 Å². The molecular formula is C22H25Cl2N3O. The highest BCUT2D eigenvalue weighted by Crippen LogP contribution is 2.34. The van der Waals surface area contributed by atoms with Crippen LogP contribution >= 0.6 is 23.2 Å². The largest absolute Gasteiger partial charge is 0.347 e. The number of aromatic nitrogens is 1. The summed E-state index contributed by atoms with van der Waals surface area (Å²) in [5, 5.41) is 4.48. The van der Waals surface area contributed by atoms with E-state index in [1.54, 1.807) is 0 Å². The molecule has 2 heterocycles. The van der Waals surface area contributed by atoms with Crippen LogP contribution in [-0.2, 0) is 11.3 Å². The average molecular weight is 418 g/mol. The lowest BCUT2D eigenvalue weighted by Crippen LogP contribution is -2.43. The number of nitrogens with one attached hydrogen (secondary N) is 1. The molecule has 0 unspecified atom stereocenters. The van der Waals surface area contributed by atoms with Crippen LogP contribution in [0.3, 0.4) is 0 Å². The maximum Gasteiger partial charge on any atom is 0.223 e. The Morgan fingerprint density at radius 3 is 2.75 bits per heavy atom.